The standard InChI is InChI=1S/C28H34O13/c1-15(29)37-13-19-9-21(33-5)28(22(10-19)34-6)41-25(14-38-16(2)30)26(39-17(3)31)20-11-23(35-7)27(40-18(4)32)24(12-20)36-8/h9-12,25-26H,13-14H2,1-8H3. The number of carbonyl (C=O) groups excluding carboxylic acids is 4. The van der Waals surface area contributed by atoms with Crippen LogP contribution in [0.15, 0.2) is 24.3 Å². The minimum atomic E-state index is -1.21. The minimum absolute atomic E-state index is 0.0111. The van der Waals surface area contributed by atoms with Gasteiger partial charge in [-0.25, -0.2) is 0 Å². The number of methoxy groups -OCH3 is 4. The number of hydrogen-bond acceptors (Lipinski definition) is 13. The van der Waals surface area contributed by atoms with Crippen LogP contribution >= 0.6 is 0 Å². The van der Waals surface area contributed by atoms with Gasteiger partial charge >= 0.3 is 23.9 Å². The Bertz CT molecular complexity index is 1200. The average Bonchev–Trinajstić information content (AvgIpc) is 2.92. The van der Waals surface area contributed by atoms with E-state index in [1.165, 1.54) is 68.3 Å². The molecule has 0 aliphatic carbocycles. The molecule has 2 aromatic rings. The molecule has 0 amide bonds. The molecule has 41 heavy (non-hydrogen) atoms. The van der Waals surface area contributed by atoms with Gasteiger partial charge in [0.05, 0.1) is 28.4 Å². The van der Waals surface area contributed by atoms with Gasteiger partial charge in [-0.3, -0.25) is 19.2 Å². The molecule has 2 aromatic carbocycles. The van der Waals surface area contributed by atoms with E-state index in [9.17, 15) is 19.2 Å². The Kier molecular flexibility index (Phi) is 12.1. The summed E-state index contributed by atoms with van der Waals surface area (Å²) in [5.74, 6) is -1.69. The number of hydrogen-bond donors (Lipinski definition) is 0. The predicted octanol–water partition coefficient (Wildman–Crippen LogP) is 3.32. The molecule has 0 saturated carbocycles. The average molecular weight is 579 g/mol. The molecule has 0 aromatic heterocycles. The second kappa shape index (κ2) is 15.2. The monoisotopic (exact) mass is 578 g/mol. The van der Waals surface area contributed by atoms with Crippen molar-refractivity contribution in [3.05, 3.63) is 35.4 Å². The molecule has 0 aliphatic rings. The molecule has 0 aliphatic heterocycles. The fourth-order valence-corrected chi connectivity index (χ4v) is 3.70. The lowest BCUT2D eigenvalue weighted by Crippen LogP contribution is -2.34. The van der Waals surface area contributed by atoms with Crippen molar-refractivity contribution in [1.82, 2.24) is 0 Å². The van der Waals surface area contributed by atoms with Gasteiger partial charge in [-0.05, 0) is 29.8 Å². The number of rotatable bonds is 14. The molecule has 13 heteroatoms. The van der Waals surface area contributed by atoms with E-state index >= 15 is 0 Å². The van der Waals surface area contributed by atoms with Gasteiger partial charge in [-0.2, -0.15) is 0 Å². The van der Waals surface area contributed by atoms with Crippen LogP contribution in [0.5, 0.6) is 34.5 Å². The normalized spacial score (nSPS) is 11.8. The van der Waals surface area contributed by atoms with Crippen LogP contribution in [0, 0.1) is 0 Å². The summed E-state index contributed by atoms with van der Waals surface area (Å²) in [5.41, 5.74) is 0.844. The van der Waals surface area contributed by atoms with E-state index < -0.39 is 36.1 Å². The fraction of sp³-hybridized carbons (Fsp3) is 0.429. The summed E-state index contributed by atoms with van der Waals surface area (Å²) in [5, 5.41) is 0. The van der Waals surface area contributed by atoms with Crippen molar-refractivity contribution >= 4 is 23.9 Å². The molecule has 0 bridgehead atoms. The van der Waals surface area contributed by atoms with Gasteiger partial charge in [-0.15, -0.1) is 0 Å². The van der Waals surface area contributed by atoms with E-state index in [1.54, 1.807) is 12.1 Å². The van der Waals surface area contributed by atoms with Crippen LogP contribution in [0.3, 0.4) is 0 Å². The van der Waals surface area contributed by atoms with Gasteiger partial charge in [0.25, 0.3) is 0 Å². The van der Waals surface area contributed by atoms with Crippen LogP contribution in [0.4, 0.5) is 0 Å². The van der Waals surface area contributed by atoms with E-state index in [2.05, 4.69) is 0 Å². The maximum Gasteiger partial charge on any atom is 0.308 e. The topological polar surface area (TPSA) is 151 Å². The molecule has 0 heterocycles. The van der Waals surface area contributed by atoms with Crippen molar-refractivity contribution in [2.75, 3.05) is 35.0 Å². The molecule has 0 saturated heterocycles. The second-order valence-corrected chi connectivity index (χ2v) is 8.45. The Morgan fingerprint density at radius 1 is 0.634 bits per heavy atom. The first-order valence-corrected chi connectivity index (χ1v) is 12.2. The van der Waals surface area contributed by atoms with Gasteiger partial charge in [0.15, 0.2) is 35.2 Å². The summed E-state index contributed by atoms with van der Waals surface area (Å²) in [6.45, 7) is 4.49. The highest BCUT2D eigenvalue weighted by Gasteiger charge is 2.34. The van der Waals surface area contributed by atoms with Crippen molar-refractivity contribution in [3.63, 3.8) is 0 Å². The zero-order chi connectivity index (χ0) is 30.7. The summed E-state index contributed by atoms with van der Waals surface area (Å²) < 4.78 is 49.3. The van der Waals surface area contributed by atoms with Gasteiger partial charge < -0.3 is 42.6 Å². The van der Waals surface area contributed by atoms with Crippen LogP contribution in [0.2, 0.25) is 0 Å². The number of ether oxygens (including phenoxy) is 9. The molecular weight excluding hydrogens is 544 g/mol. The van der Waals surface area contributed by atoms with Crippen molar-refractivity contribution in [3.8, 4) is 34.5 Å². The summed E-state index contributed by atoms with van der Waals surface area (Å²) in [6.07, 6.45) is -2.38. The van der Waals surface area contributed by atoms with E-state index in [-0.39, 0.29) is 47.7 Å². The summed E-state index contributed by atoms with van der Waals surface area (Å²) in [7, 11) is 5.50. The van der Waals surface area contributed by atoms with Gasteiger partial charge in [-0.1, -0.05) is 0 Å². The summed E-state index contributed by atoms with van der Waals surface area (Å²) in [6, 6.07) is 6.08. The molecule has 0 N–H and O–H groups in total. The lowest BCUT2D eigenvalue weighted by atomic mass is 10.0. The molecule has 2 unspecified atom stereocenters. The molecule has 0 fully saturated rings. The third-order valence-corrected chi connectivity index (χ3v) is 5.37. The minimum Gasteiger partial charge on any atom is -0.493 e. The van der Waals surface area contributed by atoms with E-state index in [4.69, 9.17) is 42.6 Å². The molecule has 0 radical (unpaired) electrons. The van der Waals surface area contributed by atoms with E-state index in [0.717, 1.165) is 0 Å². The highest BCUT2D eigenvalue weighted by Crippen LogP contribution is 2.44. The number of benzene rings is 2. The molecule has 2 atom stereocenters. The predicted molar refractivity (Wildman–Crippen MR) is 141 cm³/mol. The van der Waals surface area contributed by atoms with Crippen molar-refractivity contribution < 1.29 is 61.8 Å². The molecule has 2 rings (SSSR count). The van der Waals surface area contributed by atoms with Crippen LogP contribution in [-0.4, -0.2) is 65.0 Å². The largest absolute Gasteiger partial charge is 0.493 e. The quantitative estimate of drug-likeness (QED) is 0.183. The van der Waals surface area contributed by atoms with Crippen molar-refractivity contribution in [1.29, 1.82) is 0 Å². The zero-order valence-corrected chi connectivity index (χ0v) is 24.2. The summed E-state index contributed by atoms with van der Waals surface area (Å²) in [4.78, 5) is 47.0. The van der Waals surface area contributed by atoms with Crippen LogP contribution < -0.4 is 28.4 Å². The van der Waals surface area contributed by atoms with Crippen molar-refractivity contribution in [2.24, 2.45) is 0 Å². The van der Waals surface area contributed by atoms with Crippen LogP contribution in [0.1, 0.15) is 44.9 Å². The Hall–Kier alpha value is -4.68. The van der Waals surface area contributed by atoms with Gasteiger partial charge in [0, 0.05) is 33.3 Å². The fourth-order valence-electron chi connectivity index (χ4n) is 3.70. The maximum atomic E-state index is 12.3. The smallest absolute Gasteiger partial charge is 0.308 e. The van der Waals surface area contributed by atoms with Gasteiger partial charge in [0.2, 0.25) is 11.5 Å². The Morgan fingerprint density at radius 2 is 1.12 bits per heavy atom. The molecule has 0 spiro atoms. The first-order chi connectivity index (χ1) is 19.4. The zero-order valence-electron chi connectivity index (χ0n) is 24.2. The first kappa shape index (κ1) is 32.5. The Morgan fingerprint density at radius 3 is 1.54 bits per heavy atom. The molecule has 13 nitrogen and oxygen atoms in total. The lowest BCUT2D eigenvalue weighted by molar-refractivity contribution is -0.157. The highest BCUT2D eigenvalue weighted by atomic mass is 16.6. The summed E-state index contributed by atoms with van der Waals surface area (Å²) >= 11 is 0. The Labute approximate surface area is 237 Å². The maximum absolute atomic E-state index is 12.3. The molecular formula is C28H34O13. The lowest BCUT2D eigenvalue weighted by Gasteiger charge is -2.29. The number of esters is 4. The third-order valence-electron chi connectivity index (χ3n) is 5.37. The first-order valence-electron chi connectivity index (χ1n) is 12.2. The van der Waals surface area contributed by atoms with Gasteiger partial charge in [0.1, 0.15) is 13.2 Å². The van der Waals surface area contributed by atoms with Crippen LogP contribution in [0.25, 0.3) is 0 Å². The Balaban J connectivity index is 2.69. The molecule has 224 valence electrons. The van der Waals surface area contributed by atoms with E-state index in [1.807, 2.05) is 0 Å². The SMILES string of the molecule is COc1cc(C(OC(C)=O)C(COC(C)=O)Oc2c(OC)cc(COC(C)=O)cc2OC)cc(OC)c1OC(C)=O. The third kappa shape index (κ3) is 9.19. The second-order valence-electron chi connectivity index (χ2n) is 8.45. The van der Waals surface area contributed by atoms with Crippen LogP contribution in [-0.2, 0) is 40.0 Å². The van der Waals surface area contributed by atoms with E-state index in [0.29, 0.717) is 11.1 Å². The highest BCUT2D eigenvalue weighted by molar-refractivity contribution is 5.73. The number of carbonyl (C=O) groups is 4. The van der Waals surface area contributed by atoms with Crippen molar-refractivity contribution in [2.45, 2.75) is 46.5 Å².